The van der Waals surface area contributed by atoms with E-state index in [-0.39, 0.29) is 5.25 Å². The number of fused-ring (bicyclic) bond motifs is 1. The molecule has 0 spiro atoms. The van der Waals surface area contributed by atoms with Crippen LogP contribution in [0.2, 0.25) is 0 Å². The normalized spacial score (nSPS) is 18.4. The van der Waals surface area contributed by atoms with Crippen LogP contribution in [0.15, 0.2) is 47.8 Å². The lowest BCUT2D eigenvalue weighted by atomic mass is 9.99. The number of thioether (sulfide) groups is 1. The highest BCUT2D eigenvalue weighted by atomic mass is 32.2. The zero-order valence-electron chi connectivity index (χ0n) is 12.6. The van der Waals surface area contributed by atoms with Gasteiger partial charge in [-0.1, -0.05) is 48.5 Å². The molecule has 1 saturated carbocycles. The van der Waals surface area contributed by atoms with Crippen molar-refractivity contribution in [3.05, 3.63) is 42.7 Å². The first-order chi connectivity index (χ1) is 11.3. The number of hydrogen-bond donors (Lipinski definition) is 0. The fourth-order valence-corrected chi connectivity index (χ4v) is 5.15. The van der Waals surface area contributed by atoms with E-state index >= 15 is 0 Å². The van der Waals surface area contributed by atoms with Gasteiger partial charge in [-0.2, -0.15) is 0 Å². The minimum Gasteiger partial charge on any atom is -0.298 e. The molecule has 1 atom stereocenters. The molecular weight excluding hydrogens is 324 g/mol. The predicted octanol–water partition coefficient (Wildman–Crippen LogP) is 4.96. The minimum atomic E-state index is 0.0573. The molecule has 2 aromatic heterocycles. The van der Waals surface area contributed by atoms with Crippen molar-refractivity contribution in [3.63, 3.8) is 0 Å². The number of Topliss-reactive ketones (excluding diaryl/α,β-unsaturated/α-hetero) is 1. The molecule has 1 unspecified atom stereocenters. The Hall–Kier alpha value is -1.72. The molecule has 1 fully saturated rings. The molecule has 116 valence electrons. The monoisotopic (exact) mass is 340 g/mol. The highest BCUT2D eigenvalue weighted by molar-refractivity contribution is 8.00. The van der Waals surface area contributed by atoms with E-state index in [0.717, 1.165) is 34.5 Å². The highest BCUT2D eigenvalue weighted by Crippen LogP contribution is 2.39. The fraction of sp³-hybridized carbons (Fsp3) is 0.278. The summed E-state index contributed by atoms with van der Waals surface area (Å²) < 4.78 is 0. The Balaban J connectivity index is 1.70. The van der Waals surface area contributed by atoms with E-state index in [1.807, 2.05) is 18.2 Å². The summed E-state index contributed by atoms with van der Waals surface area (Å²) in [5, 5.41) is 2.07. The van der Waals surface area contributed by atoms with E-state index in [9.17, 15) is 4.79 Å². The van der Waals surface area contributed by atoms with Gasteiger partial charge < -0.3 is 0 Å². The van der Waals surface area contributed by atoms with Crippen LogP contribution in [-0.2, 0) is 4.79 Å². The molecule has 0 N–H and O–H groups in total. The van der Waals surface area contributed by atoms with Gasteiger partial charge in [0.15, 0.2) is 0 Å². The van der Waals surface area contributed by atoms with Gasteiger partial charge in [-0.15, -0.1) is 11.3 Å². The summed E-state index contributed by atoms with van der Waals surface area (Å²) >= 11 is 3.29. The molecule has 3 aromatic rings. The molecule has 1 aliphatic carbocycles. The summed E-state index contributed by atoms with van der Waals surface area (Å²) in [7, 11) is 0. The van der Waals surface area contributed by atoms with Crippen LogP contribution in [0.5, 0.6) is 0 Å². The van der Waals surface area contributed by atoms with E-state index in [1.54, 1.807) is 29.4 Å². The number of carbonyl (C=O) groups is 1. The summed E-state index contributed by atoms with van der Waals surface area (Å²) in [6.45, 7) is 0. The molecular formula is C18H16N2OS2. The molecule has 0 saturated heterocycles. The standard InChI is InChI=1S/C18H16N2OS2/c21-14-8-4-5-9-15(14)22-17-13-10-16(12-6-2-1-3-7-12)23-18(13)20-11-19-17/h1-3,6-7,10-11,15H,4-5,8-9H2. The maximum Gasteiger partial charge on any atom is 0.146 e. The minimum absolute atomic E-state index is 0.0573. The third kappa shape index (κ3) is 3.03. The largest absolute Gasteiger partial charge is 0.298 e. The molecule has 0 bridgehead atoms. The van der Waals surface area contributed by atoms with Crippen LogP contribution in [0.25, 0.3) is 20.7 Å². The van der Waals surface area contributed by atoms with Crippen LogP contribution < -0.4 is 0 Å². The van der Waals surface area contributed by atoms with Gasteiger partial charge in [0.1, 0.15) is 22.0 Å². The summed E-state index contributed by atoms with van der Waals surface area (Å²) in [4.78, 5) is 23.1. The molecule has 0 radical (unpaired) electrons. The van der Waals surface area contributed by atoms with Crippen molar-refractivity contribution < 1.29 is 4.79 Å². The Morgan fingerprint density at radius 1 is 1.13 bits per heavy atom. The molecule has 0 aliphatic heterocycles. The van der Waals surface area contributed by atoms with Crippen molar-refractivity contribution in [3.8, 4) is 10.4 Å². The summed E-state index contributed by atoms with van der Waals surface area (Å²) in [5.74, 6) is 0.367. The molecule has 3 nitrogen and oxygen atoms in total. The van der Waals surface area contributed by atoms with Crippen molar-refractivity contribution in [2.24, 2.45) is 0 Å². The number of aromatic nitrogens is 2. The van der Waals surface area contributed by atoms with Crippen LogP contribution in [0.1, 0.15) is 25.7 Å². The lowest BCUT2D eigenvalue weighted by Crippen LogP contribution is -2.21. The van der Waals surface area contributed by atoms with Gasteiger partial charge in [0.25, 0.3) is 0 Å². The molecule has 1 aromatic carbocycles. The fourth-order valence-electron chi connectivity index (χ4n) is 2.88. The first-order valence-electron chi connectivity index (χ1n) is 7.80. The van der Waals surface area contributed by atoms with Gasteiger partial charge in [-0.05, 0) is 24.5 Å². The van der Waals surface area contributed by atoms with Crippen molar-refractivity contribution >= 4 is 39.1 Å². The predicted molar refractivity (Wildman–Crippen MR) is 96.0 cm³/mol. The second-order valence-electron chi connectivity index (χ2n) is 5.69. The van der Waals surface area contributed by atoms with Gasteiger partial charge in [0.05, 0.1) is 5.25 Å². The first kappa shape index (κ1) is 14.8. The molecule has 5 heteroatoms. The van der Waals surface area contributed by atoms with E-state index in [2.05, 4.69) is 28.2 Å². The van der Waals surface area contributed by atoms with Gasteiger partial charge >= 0.3 is 0 Å². The highest BCUT2D eigenvalue weighted by Gasteiger charge is 2.24. The zero-order valence-corrected chi connectivity index (χ0v) is 14.2. The molecule has 1 aliphatic rings. The summed E-state index contributed by atoms with van der Waals surface area (Å²) in [6.07, 6.45) is 5.46. The average molecular weight is 340 g/mol. The second-order valence-corrected chi connectivity index (χ2v) is 7.91. The van der Waals surface area contributed by atoms with Gasteiger partial charge in [-0.25, -0.2) is 9.97 Å². The number of ketones is 1. The van der Waals surface area contributed by atoms with E-state index in [1.165, 1.54) is 10.4 Å². The van der Waals surface area contributed by atoms with E-state index in [0.29, 0.717) is 12.2 Å². The number of benzene rings is 1. The molecule has 23 heavy (non-hydrogen) atoms. The Morgan fingerprint density at radius 2 is 2.00 bits per heavy atom. The zero-order chi connectivity index (χ0) is 15.6. The van der Waals surface area contributed by atoms with Crippen molar-refractivity contribution in [1.82, 2.24) is 9.97 Å². The van der Waals surface area contributed by atoms with Gasteiger partial charge in [0.2, 0.25) is 0 Å². The Morgan fingerprint density at radius 3 is 2.83 bits per heavy atom. The third-order valence-corrected chi connectivity index (χ3v) is 6.53. The van der Waals surface area contributed by atoms with Crippen molar-refractivity contribution in [2.75, 3.05) is 0 Å². The third-order valence-electron chi connectivity index (χ3n) is 4.10. The maximum absolute atomic E-state index is 12.1. The Labute approximate surface area is 143 Å². The summed E-state index contributed by atoms with van der Waals surface area (Å²) in [6, 6.07) is 12.5. The average Bonchev–Trinajstić information content (AvgIpc) is 3.03. The molecule has 2 heterocycles. The maximum atomic E-state index is 12.1. The number of thiophene rings is 1. The first-order valence-corrected chi connectivity index (χ1v) is 9.50. The topological polar surface area (TPSA) is 42.9 Å². The van der Waals surface area contributed by atoms with Gasteiger partial charge in [0, 0.05) is 16.7 Å². The number of hydrogen-bond acceptors (Lipinski definition) is 5. The molecule has 0 amide bonds. The van der Waals surface area contributed by atoms with E-state index in [4.69, 9.17) is 0 Å². The SMILES string of the molecule is O=C1CCCCC1Sc1ncnc2sc(-c3ccccc3)cc12. The Bertz CT molecular complexity index is 845. The smallest absolute Gasteiger partial charge is 0.146 e. The van der Waals surface area contributed by atoms with Crippen LogP contribution in [-0.4, -0.2) is 21.0 Å². The number of carbonyl (C=O) groups excluding carboxylic acids is 1. The van der Waals surface area contributed by atoms with Crippen LogP contribution >= 0.6 is 23.1 Å². The number of rotatable bonds is 3. The van der Waals surface area contributed by atoms with Crippen molar-refractivity contribution in [1.29, 1.82) is 0 Å². The lowest BCUT2D eigenvalue weighted by Gasteiger charge is -2.19. The van der Waals surface area contributed by atoms with Crippen LogP contribution in [0, 0.1) is 0 Å². The Kier molecular flexibility index (Phi) is 4.14. The van der Waals surface area contributed by atoms with E-state index < -0.39 is 0 Å². The van der Waals surface area contributed by atoms with Crippen LogP contribution in [0.4, 0.5) is 0 Å². The number of nitrogens with zero attached hydrogens (tertiary/aromatic N) is 2. The van der Waals surface area contributed by atoms with Crippen molar-refractivity contribution in [2.45, 2.75) is 36.0 Å². The second kappa shape index (κ2) is 6.42. The molecule has 4 rings (SSSR count). The summed E-state index contributed by atoms with van der Waals surface area (Å²) in [5.41, 5.74) is 1.19. The van der Waals surface area contributed by atoms with Crippen LogP contribution in [0.3, 0.4) is 0 Å². The van der Waals surface area contributed by atoms with Gasteiger partial charge in [-0.3, -0.25) is 4.79 Å². The quantitative estimate of drug-likeness (QED) is 0.632. The lowest BCUT2D eigenvalue weighted by molar-refractivity contribution is -0.119.